The Kier molecular flexibility index (Phi) is 7.96. The molecule has 2 heteroatoms. The van der Waals surface area contributed by atoms with E-state index in [4.69, 9.17) is 0 Å². The monoisotopic (exact) mass is 794 g/mol. The third-order valence-corrected chi connectivity index (χ3v) is 14.0. The zero-order valence-corrected chi connectivity index (χ0v) is 35.5. The van der Waals surface area contributed by atoms with Gasteiger partial charge in [-0.3, -0.25) is 0 Å². The molecule has 62 heavy (non-hydrogen) atoms. The second-order valence-corrected chi connectivity index (χ2v) is 18.1. The van der Waals surface area contributed by atoms with Crippen LogP contribution in [0, 0.1) is 0 Å². The van der Waals surface area contributed by atoms with Crippen molar-refractivity contribution in [2.45, 2.75) is 38.5 Å². The number of fused-ring (bicyclic) bond motifs is 9. The van der Waals surface area contributed by atoms with Crippen molar-refractivity contribution < 1.29 is 0 Å². The SMILES string of the molecule is CC1(C)c2ccccc2-c2ccc(N(c3ccc(-c4ccccc4-n4c5ccccc5c5ccccc54)cc3)c3ccccc3-c3cccc4c3-c3ccccc3C4(C)C)cc21. The largest absolute Gasteiger partial charge is 0.310 e. The van der Waals surface area contributed by atoms with Gasteiger partial charge in [0, 0.05) is 44.1 Å². The van der Waals surface area contributed by atoms with Crippen LogP contribution < -0.4 is 4.90 Å². The highest BCUT2D eigenvalue weighted by Gasteiger charge is 2.38. The van der Waals surface area contributed by atoms with E-state index in [1.165, 1.54) is 94.3 Å². The van der Waals surface area contributed by atoms with Gasteiger partial charge in [-0.1, -0.05) is 185 Å². The van der Waals surface area contributed by atoms with E-state index < -0.39 is 0 Å². The van der Waals surface area contributed by atoms with E-state index >= 15 is 0 Å². The molecule has 1 heterocycles. The van der Waals surface area contributed by atoms with Gasteiger partial charge < -0.3 is 9.47 Å². The highest BCUT2D eigenvalue weighted by molar-refractivity contribution is 6.10. The van der Waals surface area contributed by atoms with Gasteiger partial charge in [0.05, 0.1) is 22.4 Å². The van der Waals surface area contributed by atoms with Crippen LogP contribution in [0.3, 0.4) is 0 Å². The van der Waals surface area contributed by atoms with Crippen LogP contribution in [0.5, 0.6) is 0 Å². The summed E-state index contributed by atoms with van der Waals surface area (Å²) in [4.78, 5) is 2.49. The third-order valence-electron chi connectivity index (χ3n) is 14.0. The first kappa shape index (κ1) is 36.4. The van der Waals surface area contributed by atoms with Crippen molar-refractivity contribution >= 4 is 38.9 Å². The van der Waals surface area contributed by atoms with Gasteiger partial charge in [0.2, 0.25) is 0 Å². The Morgan fingerprint density at radius 3 is 1.58 bits per heavy atom. The molecule has 296 valence electrons. The van der Waals surface area contributed by atoms with Gasteiger partial charge in [-0.2, -0.15) is 0 Å². The van der Waals surface area contributed by atoms with E-state index in [2.05, 4.69) is 243 Å². The van der Waals surface area contributed by atoms with Gasteiger partial charge in [0.15, 0.2) is 0 Å². The highest BCUT2D eigenvalue weighted by Crippen LogP contribution is 2.55. The second kappa shape index (κ2) is 13.5. The summed E-state index contributed by atoms with van der Waals surface area (Å²) in [6.07, 6.45) is 0. The molecule has 1 aromatic heterocycles. The van der Waals surface area contributed by atoms with Gasteiger partial charge in [-0.15, -0.1) is 0 Å². The van der Waals surface area contributed by atoms with E-state index in [0.29, 0.717) is 0 Å². The van der Waals surface area contributed by atoms with Crippen molar-refractivity contribution in [3.8, 4) is 50.2 Å². The second-order valence-electron chi connectivity index (χ2n) is 18.1. The lowest BCUT2D eigenvalue weighted by Crippen LogP contribution is -2.17. The lowest BCUT2D eigenvalue weighted by molar-refractivity contribution is 0.660. The van der Waals surface area contributed by atoms with Gasteiger partial charge in [-0.05, 0) is 104 Å². The molecule has 0 saturated carbocycles. The summed E-state index contributed by atoms with van der Waals surface area (Å²) < 4.78 is 2.43. The normalized spacial score (nSPS) is 14.1. The van der Waals surface area contributed by atoms with Gasteiger partial charge in [0.25, 0.3) is 0 Å². The average molecular weight is 795 g/mol. The molecular formula is C60H46N2. The minimum absolute atomic E-state index is 0.0948. The molecule has 2 aliphatic rings. The zero-order valence-electron chi connectivity index (χ0n) is 35.5. The lowest BCUT2D eigenvalue weighted by atomic mass is 9.82. The maximum absolute atomic E-state index is 2.49. The third kappa shape index (κ3) is 5.23. The van der Waals surface area contributed by atoms with Crippen molar-refractivity contribution in [3.05, 3.63) is 229 Å². The molecule has 9 aromatic carbocycles. The predicted molar refractivity (Wildman–Crippen MR) is 261 cm³/mol. The molecule has 0 atom stereocenters. The summed E-state index contributed by atoms with van der Waals surface area (Å²) >= 11 is 0. The summed E-state index contributed by atoms with van der Waals surface area (Å²) in [5.74, 6) is 0. The van der Waals surface area contributed by atoms with Crippen LogP contribution in [0.4, 0.5) is 17.1 Å². The molecule has 2 aliphatic carbocycles. The Morgan fingerprint density at radius 1 is 0.355 bits per heavy atom. The average Bonchev–Trinajstić information content (AvgIpc) is 3.86. The van der Waals surface area contributed by atoms with Gasteiger partial charge >= 0.3 is 0 Å². The first-order valence-corrected chi connectivity index (χ1v) is 21.9. The van der Waals surface area contributed by atoms with Crippen molar-refractivity contribution in [1.82, 2.24) is 4.57 Å². The number of hydrogen-bond acceptors (Lipinski definition) is 1. The molecule has 12 rings (SSSR count). The summed E-state index contributed by atoms with van der Waals surface area (Å²) in [6.45, 7) is 9.47. The summed E-state index contributed by atoms with van der Waals surface area (Å²) in [6, 6.07) is 76.5. The molecule has 2 nitrogen and oxygen atoms in total. The molecule has 0 N–H and O–H groups in total. The summed E-state index contributed by atoms with van der Waals surface area (Å²) in [7, 11) is 0. The standard InChI is InChI=1S/C60H46N2/c1-59(2)51-26-12-6-23-49(51)58-48(24-17-27-52(58)59)47-22-10-14-29-55(47)61(41-36-37-44-43-19-5-11-25-50(43)60(3,4)53(44)38-41)40-34-32-39(33-35-40)42-18-7-13-28-54(42)62-56-30-15-8-20-45(56)46-21-9-16-31-57(46)62/h5-38H,1-4H3. The Bertz CT molecular complexity index is 3360. The Morgan fingerprint density at radius 2 is 0.855 bits per heavy atom. The number of anilines is 3. The van der Waals surface area contributed by atoms with Crippen LogP contribution in [0.15, 0.2) is 206 Å². The molecule has 0 spiro atoms. The van der Waals surface area contributed by atoms with Gasteiger partial charge in [0.1, 0.15) is 0 Å². The molecule has 0 bridgehead atoms. The van der Waals surface area contributed by atoms with E-state index in [-0.39, 0.29) is 10.8 Å². The zero-order chi connectivity index (χ0) is 41.7. The van der Waals surface area contributed by atoms with E-state index in [1.54, 1.807) is 0 Å². The number of benzene rings is 9. The quantitative estimate of drug-likeness (QED) is 0.163. The Balaban J connectivity index is 1.05. The van der Waals surface area contributed by atoms with Crippen LogP contribution in [-0.4, -0.2) is 4.57 Å². The first-order valence-electron chi connectivity index (χ1n) is 21.9. The van der Waals surface area contributed by atoms with Crippen molar-refractivity contribution in [2.24, 2.45) is 0 Å². The van der Waals surface area contributed by atoms with E-state index in [1.807, 2.05) is 0 Å². The summed E-state index contributed by atoms with van der Waals surface area (Å²) in [5, 5.41) is 2.53. The molecule has 0 saturated heterocycles. The fraction of sp³-hybridized carbons (Fsp3) is 0.100. The summed E-state index contributed by atoms with van der Waals surface area (Å²) in [5.41, 5.74) is 22.4. The fourth-order valence-corrected chi connectivity index (χ4v) is 11.0. The van der Waals surface area contributed by atoms with Crippen LogP contribution in [0.25, 0.3) is 72.0 Å². The highest BCUT2D eigenvalue weighted by atomic mass is 15.1. The van der Waals surface area contributed by atoms with E-state index in [0.717, 1.165) is 17.1 Å². The number of hydrogen-bond donors (Lipinski definition) is 0. The van der Waals surface area contributed by atoms with E-state index in [9.17, 15) is 0 Å². The number of aromatic nitrogens is 1. The van der Waals surface area contributed by atoms with Crippen molar-refractivity contribution in [3.63, 3.8) is 0 Å². The number of para-hydroxylation sites is 4. The van der Waals surface area contributed by atoms with Crippen LogP contribution >= 0.6 is 0 Å². The Labute approximate surface area is 364 Å². The molecule has 0 aliphatic heterocycles. The first-order chi connectivity index (χ1) is 30.3. The van der Waals surface area contributed by atoms with Gasteiger partial charge in [-0.25, -0.2) is 0 Å². The Hall–Kier alpha value is -7.42. The molecule has 0 fully saturated rings. The lowest BCUT2D eigenvalue weighted by Gasteiger charge is -2.30. The maximum atomic E-state index is 2.49. The minimum Gasteiger partial charge on any atom is -0.310 e. The molecular weight excluding hydrogens is 749 g/mol. The molecule has 0 amide bonds. The molecule has 0 unspecified atom stereocenters. The predicted octanol–water partition coefficient (Wildman–Crippen LogP) is 16.2. The molecule has 0 radical (unpaired) electrons. The number of nitrogens with zero attached hydrogens (tertiary/aromatic N) is 2. The van der Waals surface area contributed by atoms with Crippen molar-refractivity contribution in [1.29, 1.82) is 0 Å². The molecule has 10 aromatic rings. The van der Waals surface area contributed by atoms with Crippen LogP contribution in [-0.2, 0) is 10.8 Å². The topological polar surface area (TPSA) is 8.17 Å². The van der Waals surface area contributed by atoms with Crippen molar-refractivity contribution in [2.75, 3.05) is 4.90 Å². The smallest absolute Gasteiger partial charge is 0.0541 e. The maximum Gasteiger partial charge on any atom is 0.0541 e. The van der Waals surface area contributed by atoms with Crippen LogP contribution in [0.2, 0.25) is 0 Å². The number of rotatable bonds is 6. The minimum atomic E-state index is -0.136. The fourth-order valence-electron chi connectivity index (χ4n) is 11.0. The van der Waals surface area contributed by atoms with Crippen LogP contribution in [0.1, 0.15) is 49.9 Å².